The van der Waals surface area contributed by atoms with Crippen LogP contribution in [0.25, 0.3) is 0 Å². The maximum absolute atomic E-state index is 11.9. The standard InChI is InChI=1S/C16H23NO2/c1-2-11-19-15-9-7-14(8-10-15)17-16(18)12-13-5-3-4-6-13/h7-10,13H,2-6,11-12H2,1H3,(H,17,18). The van der Waals surface area contributed by atoms with Crippen LogP contribution in [-0.4, -0.2) is 12.5 Å². The van der Waals surface area contributed by atoms with Crippen LogP contribution >= 0.6 is 0 Å². The molecule has 0 radical (unpaired) electrons. The van der Waals surface area contributed by atoms with Gasteiger partial charge in [0.25, 0.3) is 0 Å². The molecule has 0 atom stereocenters. The lowest BCUT2D eigenvalue weighted by molar-refractivity contribution is -0.117. The largest absolute Gasteiger partial charge is 0.494 e. The van der Waals surface area contributed by atoms with E-state index in [0.29, 0.717) is 12.3 Å². The molecule has 0 bridgehead atoms. The molecule has 1 aliphatic rings. The number of carbonyl (C=O) groups is 1. The highest BCUT2D eigenvalue weighted by atomic mass is 16.5. The van der Waals surface area contributed by atoms with Gasteiger partial charge in [-0.25, -0.2) is 0 Å². The van der Waals surface area contributed by atoms with Gasteiger partial charge in [-0.15, -0.1) is 0 Å². The lowest BCUT2D eigenvalue weighted by Gasteiger charge is -2.10. The highest BCUT2D eigenvalue weighted by Crippen LogP contribution is 2.27. The average Bonchev–Trinajstić information content (AvgIpc) is 2.90. The minimum atomic E-state index is 0.133. The number of benzene rings is 1. The summed E-state index contributed by atoms with van der Waals surface area (Å²) in [6, 6.07) is 7.61. The molecule has 1 saturated carbocycles. The fraction of sp³-hybridized carbons (Fsp3) is 0.562. The van der Waals surface area contributed by atoms with Crippen molar-refractivity contribution in [3.05, 3.63) is 24.3 Å². The molecule has 1 aromatic carbocycles. The quantitative estimate of drug-likeness (QED) is 0.840. The van der Waals surface area contributed by atoms with Gasteiger partial charge in [0.15, 0.2) is 0 Å². The number of carbonyl (C=O) groups excluding carboxylic acids is 1. The van der Waals surface area contributed by atoms with E-state index in [1.165, 1.54) is 25.7 Å². The Hall–Kier alpha value is -1.51. The molecule has 3 heteroatoms. The Morgan fingerprint density at radius 1 is 1.26 bits per heavy atom. The molecule has 0 aromatic heterocycles. The van der Waals surface area contributed by atoms with Crippen LogP contribution in [0.2, 0.25) is 0 Å². The summed E-state index contributed by atoms with van der Waals surface area (Å²) in [6.45, 7) is 2.81. The molecule has 104 valence electrons. The van der Waals surface area contributed by atoms with E-state index in [1.807, 2.05) is 24.3 Å². The second-order valence-electron chi connectivity index (χ2n) is 5.28. The van der Waals surface area contributed by atoms with Crippen LogP contribution in [0.5, 0.6) is 5.75 Å². The zero-order valence-electron chi connectivity index (χ0n) is 11.7. The molecule has 19 heavy (non-hydrogen) atoms. The number of anilines is 1. The number of hydrogen-bond acceptors (Lipinski definition) is 2. The van der Waals surface area contributed by atoms with E-state index in [1.54, 1.807) is 0 Å². The summed E-state index contributed by atoms with van der Waals surface area (Å²) in [5.41, 5.74) is 0.854. The van der Waals surface area contributed by atoms with Crippen molar-refractivity contribution in [1.82, 2.24) is 0 Å². The van der Waals surface area contributed by atoms with Gasteiger partial charge in [0.2, 0.25) is 5.91 Å². The molecular formula is C16H23NO2. The van der Waals surface area contributed by atoms with Crippen molar-refractivity contribution in [2.24, 2.45) is 5.92 Å². The Labute approximate surface area is 115 Å². The van der Waals surface area contributed by atoms with Gasteiger partial charge in [-0.1, -0.05) is 19.8 Å². The first kappa shape index (κ1) is 13.9. The van der Waals surface area contributed by atoms with Gasteiger partial charge in [0.05, 0.1) is 6.61 Å². The van der Waals surface area contributed by atoms with Crippen molar-refractivity contribution in [2.45, 2.75) is 45.4 Å². The van der Waals surface area contributed by atoms with Crippen molar-refractivity contribution in [1.29, 1.82) is 0 Å². The number of hydrogen-bond donors (Lipinski definition) is 1. The number of rotatable bonds is 6. The lowest BCUT2D eigenvalue weighted by atomic mass is 10.0. The minimum absolute atomic E-state index is 0.133. The maximum Gasteiger partial charge on any atom is 0.224 e. The summed E-state index contributed by atoms with van der Waals surface area (Å²) < 4.78 is 5.51. The van der Waals surface area contributed by atoms with Crippen molar-refractivity contribution >= 4 is 11.6 Å². The third-order valence-electron chi connectivity index (χ3n) is 3.56. The summed E-state index contributed by atoms with van der Waals surface area (Å²) in [5.74, 6) is 1.58. The SMILES string of the molecule is CCCOc1ccc(NC(=O)CC2CCCC2)cc1. The Balaban J connectivity index is 1.79. The molecule has 1 amide bonds. The smallest absolute Gasteiger partial charge is 0.224 e. The third kappa shape index (κ3) is 4.58. The molecule has 0 aliphatic heterocycles. The van der Waals surface area contributed by atoms with E-state index >= 15 is 0 Å². The first-order valence-electron chi connectivity index (χ1n) is 7.30. The second-order valence-corrected chi connectivity index (χ2v) is 5.28. The molecule has 0 spiro atoms. The van der Waals surface area contributed by atoms with Crippen LogP contribution in [-0.2, 0) is 4.79 Å². The van der Waals surface area contributed by atoms with Gasteiger partial charge in [0, 0.05) is 12.1 Å². The predicted octanol–water partition coefficient (Wildman–Crippen LogP) is 3.99. The van der Waals surface area contributed by atoms with E-state index in [0.717, 1.165) is 24.5 Å². The summed E-state index contributed by atoms with van der Waals surface area (Å²) in [7, 11) is 0. The van der Waals surface area contributed by atoms with Crippen molar-refractivity contribution in [3.8, 4) is 5.75 Å². The molecule has 3 nitrogen and oxygen atoms in total. The number of nitrogens with one attached hydrogen (secondary N) is 1. The zero-order chi connectivity index (χ0) is 13.5. The number of ether oxygens (including phenoxy) is 1. The molecular weight excluding hydrogens is 238 g/mol. The van der Waals surface area contributed by atoms with Gasteiger partial charge in [0.1, 0.15) is 5.75 Å². The average molecular weight is 261 g/mol. The Morgan fingerprint density at radius 2 is 1.95 bits per heavy atom. The second kappa shape index (κ2) is 7.17. The van der Waals surface area contributed by atoms with Crippen LogP contribution < -0.4 is 10.1 Å². The van der Waals surface area contributed by atoms with Crippen LogP contribution in [0, 0.1) is 5.92 Å². The lowest BCUT2D eigenvalue weighted by Crippen LogP contribution is -2.15. The fourth-order valence-electron chi connectivity index (χ4n) is 2.54. The first-order valence-corrected chi connectivity index (χ1v) is 7.30. The van der Waals surface area contributed by atoms with Crippen LogP contribution in [0.15, 0.2) is 24.3 Å². The normalized spacial score (nSPS) is 15.4. The molecule has 1 aromatic rings. The third-order valence-corrected chi connectivity index (χ3v) is 3.56. The molecule has 1 fully saturated rings. The summed E-state index contributed by atoms with van der Waals surface area (Å²) in [5, 5.41) is 2.96. The highest BCUT2D eigenvalue weighted by Gasteiger charge is 2.18. The highest BCUT2D eigenvalue weighted by molar-refractivity contribution is 5.90. The van der Waals surface area contributed by atoms with Gasteiger partial charge < -0.3 is 10.1 Å². The Kier molecular flexibility index (Phi) is 5.25. The molecule has 1 N–H and O–H groups in total. The Bertz CT molecular complexity index is 394. The zero-order valence-corrected chi connectivity index (χ0v) is 11.7. The molecule has 1 aliphatic carbocycles. The van der Waals surface area contributed by atoms with E-state index in [2.05, 4.69) is 12.2 Å². The molecule has 0 heterocycles. The molecule has 2 rings (SSSR count). The van der Waals surface area contributed by atoms with E-state index in [-0.39, 0.29) is 5.91 Å². The van der Waals surface area contributed by atoms with Gasteiger partial charge in [-0.3, -0.25) is 4.79 Å². The molecule has 0 saturated heterocycles. The minimum Gasteiger partial charge on any atom is -0.494 e. The van der Waals surface area contributed by atoms with Gasteiger partial charge >= 0.3 is 0 Å². The van der Waals surface area contributed by atoms with Crippen molar-refractivity contribution < 1.29 is 9.53 Å². The van der Waals surface area contributed by atoms with E-state index < -0.39 is 0 Å². The summed E-state index contributed by atoms with van der Waals surface area (Å²) in [6.07, 6.45) is 6.63. The first-order chi connectivity index (χ1) is 9.28. The summed E-state index contributed by atoms with van der Waals surface area (Å²) >= 11 is 0. The Morgan fingerprint density at radius 3 is 2.58 bits per heavy atom. The van der Waals surface area contributed by atoms with E-state index in [4.69, 9.17) is 4.74 Å². The maximum atomic E-state index is 11.9. The number of amides is 1. The molecule has 0 unspecified atom stereocenters. The topological polar surface area (TPSA) is 38.3 Å². The van der Waals surface area contributed by atoms with E-state index in [9.17, 15) is 4.79 Å². The van der Waals surface area contributed by atoms with Crippen LogP contribution in [0.1, 0.15) is 45.4 Å². The van der Waals surface area contributed by atoms with Crippen molar-refractivity contribution in [2.75, 3.05) is 11.9 Å². The van der Waals surface area contributed by atoms with Crippen LogP contribution in [0.3, 0.4) is 0 Å². The summed E-state index contributed by atoms with van der Waals surface area (Å²) in [4.78, 5) is 11.9. The van der Waals surface area contributed by atoms with Crippen LogP contribution in [0.4, 0.5) is 5.69 Å². The predicted molar refractivity (Wildman–Crippen MR) is 77.4 cm³/mol. The van der Waals surface area contributed by atoms with Gasteiger partial charge in [-0.05, 0) is 49.4 Å². The van der Waals surface area contributed by atoms with Gasteiger partial charge in [-0.2, -0.15) is 0 Å². The monoisotopic (exact) mass is 261 g/mol. The fourth-order valence-corrected chi connectivity index (χ4v) is 2.54. The van der Waals surface area contributed by atoms with Crippen molar-refractivity contribution in [3.63, 3.8) is 0 Å².